The fraction of sp³-hybridized carbons (Fsp3) is 0. The molecular weight excluding hydrogens is 336 g/mol. The lowest BCUT2D eigenvalue weighted by molar-refractivity contribution is 0.0681. The SMILES string of the molecule is O=C(O)c1ccc(C(=O)O)cc1.Oc1ccccc1-c1ccccc1O. The summed E-state index contributed by atoms with van der Waals surface area (Å²) in [6, 6.07) is 18.9. The molecule has 0 aliphatic heterocycles. The van der Waals surface area contributed by atoms with Gasteiger partial charge in [0.15, 0.2) is 0 Å². The highest BCUT2D eigenvalue weighted by Crippen LogP contribution is 2.34. The standard InChI is InChI=1S/C12H10O2.C8H6O4/c13-11-7-3-1-5-9(11)10-6-2-4-8-12(10)14;9-7(10)5-1-2-6(4-3-5)8(11)12/h1-8,13-14H;1-4H,(H,9,10)(H,11,12). The number of hydrogen-bond donors (Lipinski definition) is 4. The number of aromatic carboxylic acids is 2. The maximum atomic E-state index is 10.3. The maximum absolute atomic E-state index is 10.3. The van der Waals surface area contributed by atoms with Gasteiger partial charge in [-0.3, -0.25) is 0 Å². The lowest BCUT2D eigenvalue weighted by atomic mass is 10.0. The van der Waals surface area contributed by atoms with Crippen LogP contribution in [0.15, 0.2) is 72.8 Å². The molecule has 0 heterocycles. The number of aromatic hydroxyl groups is 2. The third-order valence-electron chi connectivity index (χ3n) is 3.48. The summed E-state index contributed by atoms with van der Waals surface area (Å²) in [7, 11) is 0. The zero-order valence-electron chi connectivity index (χ0n) is 13.5. The van der Waals surface area contributed by atoms with Crippen LogP contribution in [0, 0.1) is 0 Å². The first-order valence-electron chi connectivity index (χ1n) is 7.53. The van der Waals surface area contributed by atoms with Gasteiger partial charge >= 0.3 is 11.9 Å². The van der Waals surface area contributed by atoms with Crippen molar-refractivity contribution in [2.45, 2.75) is 0 Å². The second kappa shape index (κ2) is 8.34. The monoisotopic (exact) mass is 352 g/mol. The van der Waals surface area contributed by atoms with Crippen LogP contribution in [0.1, 0.15) is 20.7 Å². The van der Waals surface area contributed by atoms with Gasteiger partial charge in [0.1, 0.15) is 11.5 Å². The molecule has 26 heavy (non-hydrogen) atoms. The number of carboxylic acids is 2. The predicted molar refractivity (Wildman–Crippen MR) is 95.6 cm³/mol. The molecule has 4 N–H and O–H groups in total. The number of para-hydroxylation sites is 2. The topological polar surface area (TPSA) is 115 Å². The third kappa shape index (κ3) is 4.61. The number of carboxylic acid groups (broad SMARTS) is 2. The molecular formula is C20H16O6. The highest BCUT2D eigenvalue weighted by atomic mass is 16.4. The number of benzene rings is 3. The highest BCUT2D eigenvalue weighted by molar-refractivity contribution is 5.91. The molecule has 0 atom stereocenters. The molecule has 0 spiro atoms. The summed E-state index contributed by atoms with van der Waals surface area (Å²) in [5, 5.41) is 36.1. The Labute approximate surface area is 149 Å². The Morgan fingerprint density at radius 2 is 0.846 bits per heavy atom. The van der Waals surface area contributed by atoms with Crippen LogP contribution >= 0.6 is 0 Å². The molecule has 3 rings (SSSR count). The second-order valence-electron chi connectivity index (χ2n) is 5.22. The predicted octanol–water partition coefficient (Wildman–Crippen LogP) is 3.85. The maximum Gasteiger partial charge on any atom is 0.335 e. The van der Waals surface area contributed by atoms with Crippen LogP contribution in [-0.4, -0.2) is 32.4 Å². The van der Waals surface area contributed by atoms with Gasteiger partial charge < -0.3 is 20.4 Å². The zero-order valence-corrected chi connectivity index (χ0v) is 13.5. The Hall–Kier alpha value is -3.80. The summed E-state index contributed by atoms with van der Waals surface area (Å²) in [4.78, 5) is 20.7. The summed E-state index contributed by atoms with van der Waals surface area (Å²) in [5.41, 5.74) is 1.45. The average Bonchev–Trinajstić information content (AvgIpc) is 2.63. The number of carbonyl (C=O) groups is 2. The lowest BCUT2D eigenvalue weighted by Gasteiger charge is -2.05. The normalized spacial score (nSPS) is 9.69. The minimum Gasteiger partial charge on any atom is -0.507 e. The zero-order chi connectivity index (χ0) is 19.1. The van der Waals surface area contributed by atoms with Crippen molar-refractivity contribution in [2.24, 2.45) is 0 Å². The van der Waals surface area contributed by atoms with Gasteiger partial charge in [-0.1, -0.05) is 36.4 Å². The number of phenolic OH excluding ortho intramolecular Hbond substituents is 2. The van der Waals surface area contributed by atoms with Crippen molar-refractivity contribution in [3.8, 4) is 22.6 Å². The van der Waals surface area contributed by atoms with E-state index in [2.05, 4.69) is 0 Å². The quantitative estimate of drug-likeness (QED) is 0.569. The van der Waals surface area contributed by atoms with Gasteiger partial charge in [-0.15, -0.1) is 0 Å². The molecule has 132 valence electrons. The molecule has 6 nitrogen and oxygen atoms in total. The average molecular weight is 352 g/mol. The van der Waals surface area contributed by atoms with E-state index in [1.165, 1.54) is 24.3 Å². The van der Waals surface area contributed by atoms with Crippen molar-refractivity contribution in [2.75, 3.05) is 0 Å². The van der Waals surface area contributed by atoms with E-state index >= 15 is 0 Å². The summed E-state index contributed by atoms with van der Waals surface area (Å²) in [5.74, 6) is -1.78. The molecule has 0 radical (unpaired) electrons. The molecule has 0 saturated heterocycles. The molecule has 0 aliphatic rings. The van der Waals surface area contributed by atoms with Crippen LogP contribution in [0.2, 0.25) is 0 Å². The van der Waals surface area contributed by atoms with Crippen molar-refractivity contribution in [1.82, 2.24) is 0 Å². The lowest BCUT2D eigenvalue weighted by Crippen LogP contribution is -1.99. The fourth-order valence-electron chi connectivity index (χ4n) is 2.16. The number of rotatable bonds is 3. The molecule has 0 saturated carbocycles. The first kappa shape index (κ1) is 18.5. The van der Waals surface area contributed by atoms with E-state index in [-0.39, 0.29) is 22.6 Å². The van der Waals surface area contributed by atoms with Crippen molar-refractivity contribution in [3.63, 3.8) is 0 Å². The first-order chi connectivity index (χ1) is 12.4. The Kier molecular flexibility index (Phi) is 5.95. The molecule has 0 unspecified atom stereocenters. The van der Waals surface area contributed by atoms with E-state index in [1.807, 2.05) is 12.1 Å². The Morgan fingerprint density at radius 1 is 0.538 bits per heavy atom. The van der Waals surface area contributed by atoms with Crippen molar-refractivity contribution in [3.05, 3.63) is 83.9 Å². The molecule has 0 amide bonds. The Morgan fingerprint density at radius 3 is 1.12 bits per heavy atom. The highest BCUT2D eigenvalue weighted by Gasteiger charge is 2.06. The van der Waals surface area contributed by atoms with E-state index < -0.39 is 11.9 Å². The van der Waals surface area contributed by atoms with Gasteiger partial charge in [0.2, 0.25) is 0 Å². The summed E-state index contributed by atoms with van der Waals surface area (Å²) < 4.78 is 0. The van der Waals surface area contributed by atoms with Gasteiger partial charge in [-0.05, 0) is 36.4 Å². The van der Waals surface area contributed by atoms with Crippen molar-refractivity contribution >= 4 is 11.9 Å². The van der Waals surface area contributed by atoms with Crippen molar-refractivity contribution < 1.29 is 30.0 Å². The Bertz CT molecular complexity index is 839. The van der Waals surface area contributed by atoms with Crippen LogP contribution in [0.4, 0.5) is 0 Å². The Balaban J connectivity index is 0.000000190. The van der Waals surface area contributed by atoms with Crippen LogP contribution < -0.4 is 0 Å². The van der Waals surface area contributed by atoms with E-state index in [0.29, 0.717) is 11.1 Å². The largest absolute Gasteiger partial charge is 0.507 e. The minimum absolute atomic E-state index is 0.0833. The summed E-state index contributed by atoms with van der Waals surface area (Å²) >= 11 is 0. The van der Waals surface area contributed by atoms with Gasteiger partial charge in [0, 0.05) is 11.1 Å². The summed E-state index contributed by atoms with van der Waals surface area (Å²) in [6.45, 7) is 0. The summed E-state index contributed by atoms with van der Waals surface area (Å²) in [6.07, 6.45) is 0. The molecule has 0 fully saturated rings. The fourth-order valence-corrected chi connectivity index (χ4v) is 2.16. The van der Waals surface area contributed by atoms with Gasteiger partial charge in [-0.25, -0.2) is 9.59 Å². The second-order valence-corrected chi connectivity index (χ2v) is 5.22. The van der Waals surface area contributed by atoms with Gasteiger partial charge in [0.05, 0.1) is 11.1 Å². The molecule has 0 bridgehead atoms. The van der Waals surface area contributed by atoms with E-state index in [1.54, 1.807) is 36.4 Å². The van der Waals surface area contributed by atoms with E-state index in [0.717, 1.165) is 0 Å². The van der Waals surface area contributed by atoms with Gasteiger partial charge in [0.25, 0.3) is 0 Å². The van der Waals surface area contributed by atoms with Crippen LogP contribution in [0.5, 0.6) is 11.5 Å². The van der Waals surface area contributed by atoms with Crippen LogP contribution in [-0.2, 0) is 0 Å². The van der Waals surface area contributed by atoms with Crippen LogP contribution in [0.3, 0.4) is 0 Å². The minimum atomic E-state index is -1.06. The number of phenols is 2. The third-order valence-corrected chi connectivity index (χ3v) is 3.48. The first-order valence-corrected chi connectivity index (χ1v) is 7.53. The smallest absolute Gasteiger partial charge is 0.335 e. The van der Waals surface area contributed by atoms with E-state index in [4.69, 9.17) is 10.2 Å². The van der Waals surface area contributed by atoms with Crippen LogP contribution in [0.25, 0.3) is 11.1 Å². The van der Waals surface area contributed by atoms with Gasteiger partial charge in [-0.2, -0.15) is 0 Å². The van der Waals surface area contributed by atoms with E-state index in [9.17, 15) is 19.8 Å². The molecule has 6 heteroatoms. The molecule has 0 aromatic heterocycles. The number of hydrogen-bond acceptors (Lipinski definition) is 4. The molecule has 0 aliphatic carbocycles. The molecule has 3 aromatic carbocycles. The van der Waals surface area contributed by atoms with Crippen molar-refractivity contribution in [1.29, 1.82) is 0 Å². The molecule has 3 aromatic rings.